The molecule has 0 atom stereocenters. The number of nitrogens with zero attached hydrogens (tertiary/aromatic N) is 1. The number of halogens is 1. The van der Waals surface area contributed by atoms with Crippen LogP contribution in [0.3, 0.4) is 0 Å². The van der Waals surface area contributed by atoms with Crippen LogP contribution in [0, 0.1) is 0 Å². The SMILES string of the molecule is COc1ccc2c(c1)cc(C(=O)O)n2Oc1ccc(Cl)cc1. The van der Waals surface area contributed by atoms with Crippen molar-refractivity contribution >= 4 is 28.5 Å². The van der Waals surface area contributed by atoms with Gasteiger partial charge in [0.25, 0.3) is 0 Å². The molecule has 0 spiro atoms. The Morgan fingerprint density at radius 1 is 1.09 bits per heavy atom. The Bertz CT molecular complexity index is 839. The molecule has 1 heterocycles. The number of aromatic nitrogens is 1. The van der Waals surface area contributed by atoms with Crippen LogP contribution in [0.15, 0.2) is 48.5 Å². The van der Waals surface area contributed by atoms with Crippen molar-refractivity contribution in [3.63, 3.8) is 0 Å². The zero-order chi connectivity index (χ0) is 15.7. The van der Waals surface area contributed by atoms with Crippen LogP contribution < -0.4 is 9.57 Å². The zero-order valence-corrected chi connectivity index (χ0v) is 12.4. The van der Waals surface area contributed by atoms with E-state index in [0.29, 0.717) is 27.4 Å². The van der Waals surface area contributed by atoms with E-state index in [2.05, 4.69) is 0 Å². The Morgan fingerprint density at radius 2 is 1.77 bits per heavy atom. The third-order valence-electron chi connectivity index (χ3n) is 3.19. The normalized spacial score (nSPS) is 10.6. The summed E-state index contributed by atoms with van der Waals surface area (Å²) in [6.07, 6.45) is 0. The number of ether oxygens (including phenoxy) is 1. The highest BCUT2D eigenvalue weighted by Gasteiger charge is 2.17. The average Bonchev–Trinajstić information content (AvgIpc) is 2.87. The van der Waals surface area contributed by atoms with Crippen molar-refractivity contribution in [3.05, 3.63) is 59.2 Å². The van der Waals surface area contributed by atoms with Crippen LogP contribution in [-0.2, 0) is 0 Å². The summed E-state index contributed by atoms with van der Waals surface area (Å²) >= 11 is 5.83. The van der Waals surface area contributed by atoms with Gasteiger partial charge in [0.05, 0.1) is 12.6 Å². The van der Waals surface area contributed by atoms with E-state index in [1.807, 2.05) is 0 Å². The first-order valence-electron chi connectivity index (χ1n) is 6.45. The van der Waals surface area contributed by atoms with Crippen LogP contribution >= 0.6 is 11.6 Å². The number of methoxy groups -OCH3 is 1. The summed E-state index contributed by atoms with van der Waals surface area (Å²) in [6.45, 7) is 0. The number of carbonyl (C=O) groups is 1. The number of hydrogen-bond acceptors (Lipinski definition) is 3. The van der Waals surface area contributed by atoms with E-state index in [4.69, 9.17) is 21.2 Å². The summed E-state index contributed by atoms with van der Waals surface area (Å²) in [5.74, 6) is 0.0532. The molecule has 0 aliphatic heterocycles. The molecule has 22 heavy (non-hydrogen) atoms. The number of benzene rings is 2. The van der Waals surface area contributed by atoms with Crippen LogP contribution in [0.1, 0.15) is 10.5 Å². The minimum absolute atomic E-state index is 0.0261. The number of hydrogen-bond donors (Lipinski definition) is 1. The quantitative estimate of drug-likeness (QED) is 0.794. The summed E-state index contributed by atoms with van der Waals surface area (Å²) < 4.78 is 6.43. The highest BCUT2D eigenvalue weighted by molar-refractivity contribution is 6.30. The molecule has 0 radical (unpaired) electrons. The maximum atomic E-state index is 11.4. The molecule has 0 unspecified atom stereocenters. The predicted molar refractivity (Wildman–Crippen MR) is 82.9 cm³/mol. The summed E-state index contributed by atoms with van der Waals surface area (Å²) in [5.41, 5.74) is 0.659. The number of carboxylic acids is 1. The first-order chi connectivity index (χ1) is 10.6. The van der Waals surface area contributed by atoms with Crippen LogP contribution in [0.25, 0.3) is 10.9 Å². The molecule has 3 rings (SSSR count). The molecular formula is C16H12ClNO4. The first-order valence-corrected chi connectivity index (χ1v) is 6.83. The first kappa shape index (κ1) is 14.3. The molecule has 0 fully saturated rings. The monoisotopic (exact) mass is 317 g/mol. The van der Waals surface area contributed by atoms with Crippen molar-refractivity contribution in [2.45, 2.75) is 0 Å². The fourth-order valence-corrected chi connectivity index (χ4v) is 2.27. The van der Waals surface area contributed by atoms with Crippen LogP contribution in [0.5, 0.6) is 11.5 Å². The van der Waals surface area contributed by atoms with E-state index in [-0.39, 0.29) is 5.69 Å². The van der Waals surface area contributed by atoms with Gasteiger partial charge >= 0.3 is 5.97 Å². The van der Waals surface area contributed by atoms with Gasteiger partial charge < -0.3 is 14.7 Å². The molecule has 1 N–H and O–H groups in total. The van der Waals surface area contributed by atoms with Gasteiger partial charge in [0.15, 0.2) is 11.4 Å². The number of fused-ring (bicyclic) bond motifs is 1. The van der Waals surface area contributed by atoms with Crippen LogP contribution in [0.2, 0.25) is 5.02 Å². The Morgan fingerprint density at radius 3 is 2.41 bits per heavy atom. The van der Waals surface area contributed by atoms with Gasteiger partial charge in [-0.25, -0.2) is 4.79 Å². The Labute approximate surface area is 131 Å². The highest BCUT2D eigenvalue weighted by atomic mass is 35.5. The third kappa shape index (κ3) is 2.58. The molecule has 6 heteroatoms. The van der Waals surface area contributed by atoms with E-state index >= 15 is 0 Å². The summed E-state index contributed by atoms with van der Waals surface area (Å²) in [5, 5.41) is 10.7. The van der Waals surface area contributed by atoms with Crippen molar-refractivity contribution in [2.75, 3.05) is 7.11 Å². The maximum Gasteiger partial charge on any atom is 0.356 e. The van der Waals surface area contributed by atoms with Crippen LogP contribution in [0.4, 0.5) is 0 Å². The molecule has 112 valence electrons. The molecule has 0 aliphatic carbocycles. The molecule has 2 aromatic carbocycles. The average molecular weight is 318 g/mol. The standard InChI is InChI=1S/C16H12ClNO4/c1-21-13-6-7-14-10(8-13)9-15(16(19)20)18(14)22-12-4-2-11(17)3-5-12/h2-9H,1H3,(H,19,20). The predicted octanol–water partition coefficient (Wildman–Crippen LogP) is 3.84. The van der Waals surface area contributed by atoms with Crippen molar-refractivity contribution in [2.24, 2.45) is 0 Å². The lowest BCUT2D eigenvalue weighted by Crippen LogP contribution is -2.13. The molecule has 0 saturated carbocycles. The van der Waals surface area contributed by atoms with Crippen LogP contribution in [-0.4, -0.2) is 22.9 Å². The summed E-state index contributed by atoms with van der Waals surface area (Å²) in [4.78, 5) is 17.1. The summed E-state index contributed by atoms with van der Waals surface area (Å²) in [6, 6.07) is 13.5. The molecule has 0 aliphatic rings. The van der Waals surface area contributed by atoms with Gasteiger partial charge in [0.2, 0.25) is 0 Å². The maximum absolute atomic E-state index is 11.4. The second-order valence-corrected chi connectivity index (χ2v) is 5.04. The van der Waals surface area contributed by atoms with Gasteiger partial charge in [0, 0.05) is 10.4 Å². The number of aromatic carboxylic acids is 1. The number of carboxylic acid groups (broad SMARTS) is 1. The fourth-order valence-electron chi connectivity index (χ4n) is 2.14. The fraction of sp³-hybridized carbons (Fsp3) is 0.0625. The molecule has 0 bridgehead atoms. The van der Waals surface area contributed by atoms with E-state index in [9.17, 15) is 9.90 Å². The zero-order valence-electron chi connectivity index (χ0n) is 11.6. The topological polar surface area (TPSA) is 60.7 Å². The van der Waals surface area contributed by atoms with E-state index in [1.54, 1.807) is 49.6 Å². The van der Waals surface area contributed by atoms with Gasteiger partial charge in [-0.05, 0) is 48.5 Å². The Kier molecular flexibility index (Phi) is 3.65. The van der Waals surface area contributed by atoms with Crippen molar-refractivity contribution in [1.29, 1.82) is 0 Å². The van der Waals surface area contributed by atoms with E-state index < -0.39 is 5.97 Å². The van der Waals surface area contributed by atoms with Crippen molar-refractivity contribution in [1.82, 2.24) is 4.73 Å². The second-order valence-electron chi connectivity index (χ2n) is 4.60. The van der Waals surface area contributed by atoms with E-state index in [1.165, 1.54) is 10.8 Å². The van der Waals surface area contributed by atoms with Gasteiger partial charge in [0.1, 0.15) is 5.75 Å². The minimum atomic E-state index is -1.08. The molecular weight excluding hydrogens is 306 g/mol. The number of rotatable bonds is 4. The lowest BCUT2D eigenvalue weighted by Gasteiger charge is -2.10. The Hall–Kier alpha value is -2.66. The smallest absolute Gasteiger partial charge is 0.356 e. The van der Waals surface area contributed by atoms with Gasteiger partial charge in [-0.1, -0.05) is 11.6 Å². The second kappa shape index (κ2) is 5.61. The van der Waals surface area contributed by atoms with Crippen molar-refractivity contribution < 1.29 is 19.5 Å². The molecule has 1 aromatic heterocycles. The lowest BCUT2D eigenvalue weighted by atomic mass is 10.2. The van der Waals surface area contributed by atoms with Gasteiger partial charge in [-0.3, -0.25) is 0 Å². The molecule has 0 amide bonds. The van der Waals surface area contributed by atoms with E-state index in [0.717, 1.165) is 0 Å². The minimum Gasteiger partial charge on any atom is -0.497 e. The molecule has 3 aromatic rings. The Balaban J connectivity index is 2.11. The largest absolute Gasteiger partial charge is 0.497 e. The summed E-state index contributed by atoms with van der Waals surface area (Å²) in [7, 11) is 1.56. The highest BCUT2D eigenvalue weighted by Crippen LogP contribution is 2.26. The molecule has 0 saturated heterocycles. The molecule has 5 nitrogen and oxygen atoms in total. The third-order valence-corrected chi connectivity index (χ3v) is 3.45. The van der Waals surface area contributed by atoms with Crippen molar-refractivity contribution in [3.8, 4) is 11.5 Å². The van der Waals surface area contributed by atoms with Gasteiger partial charge in [-0.2, -0.15) is 4.73 Å². The van der Waals surface area contributed by atoms with Gasteiger partial charge in [-0.15, -0.1) is 0 Å². The lowest BCUT2D eigenvalue weighted by molar-refractivity contribution is 0.0659.